The molecule has 106 valence electrons. The van der Waals surface area contributed by atoms with Gasteiger partial charge in [0.05, 0.1) is 6.10 Å². The molecular formula is C16H26N2O. The van der Waals surface area contributed by atoms with Crippen LogP contribution in [0.5, 0.6) is 0 Å². The second-order valence-electron chi connectivity index (χ2n) is 5.24. The molecule has 0 aliphatic carbocycles. The summed E-state index contributed by atoms with van der Waals surface area (Å²) >= 11 is 0. The van der Waals surface area contributed by atoms with Crippen LogP contribution in [0.25, 0.3) is 0 Å². The van der Waals surface area contributed by atoms with Crippen LogP contribution in [-0.4, -0.2) is 32.8 Å². The van der Waals surface area contributed by atoms with E-state index in [0.717, 1.165) is 32.7 Å². The van der Waals surface area contributed by atoms with Gasteiger partial charge in [-0.1, -0.05) is 24.3 Å². The Morgan fingerprint density at radius 1 is 1.21 bits per heavy atom. The highest BCUT2D eigenvalue weighted by molar-refractivity contribution is 5.27. The van der Waals surface area contributed by atoms with Crippen molar-refractivity contribution in [3.8, 4) is 0 Å². The van der Waals surface area contributed by atoms with Crippen molar-refractivity contribution in [3.63, 3.8) is 0 Å². The minimum absolute atomic E-state index is 0.415. The third-order valence-corrected chi connectivity index (χ3v) is 3.72. The van der Waals surface area contributed by atoms with Gasteiger partial charge in [0.2, 0.25) is 0 Å². The van der Waals surface area contributed by atoms with E-state index in [2.05, 4.69) is 34.9 Å². The van der Waals surface area contributed by atoms with Gasteiger partial charge in [-0.25, -0.2) is 0 Å². The number of ether oxygens (including phenoxy) is 1. The first kappa shape index (κ1) is 14.5. The van der Waals surface area contributed by atoms with Crippen molar-refractivity contribution in [2.75, 3.05) is 26.7 Å². The van der Waals surface area contributed by atoms with E-state index >= 15 is 0 Å². The summed E-state index contributed by atoms with van der Waals surface area (Å²) in [5, 5.41) is 6.75. The predicted molar refractivity (Wildman–Crippen MR) is 79.4 cm³/mol. The van der Waals surface area contributed by atoms with Gasteiger partial charge in [0.25, 0.3) is 0 Å². The lowest BCUT2D eigenvalue weighted by Gasteiger charge is -2.23. The molecule has 0 radical (unpaired) electrons. The molecule has 1 saturated heterocycles. The molecule has 1 aliphatic heterocycles. The van der Waals surface area contributed by atoms with E-state index in [-0.39, 0.29) is 0 Å². The van der Waals surface area contributed by atoms with Crippen LogP contribution in [0.1, 0.15) is 30.4 Å². The van der Waals surface area contributed by atoms with E-state index in [1.54, 1.807) is 0 Å². The Labute approximate surface area is 116 Å². The highest BCUT2D eigenvalue weighted by atomic mass is 16.5. The smallest absolute Gasteiger partial charge is 0.0699 e. The largest absolute Gasteiger partial charge is 0.377 e. The maximum Gasteiger partial charge on any atom is 0.0699 e. The van der Waals surface area contributed by atoms with E-state index in [4.69, 9.17) is 4.74 Å². The van der Waals surface area contributed by atoms with Crippen molar-refractivity contribution in [1.29, 1.82) is 0 Å². The fraction of sp³-hybridized carbons (Fsp3) is 0.625. The van der Waals surface area contributed by atoms with E-state index in [1.807, 2.05) is 7.05 Å². The summed E-state index contributed by atoms with van der Waals surface area (Å²) in [5.74, 6) is 0. The van der Waals surface area contributed by atoms with E-state index in [9.17, 15) is 0 Å². The van der Waals surface area contributed by atoms with Gasteiger partial charge in [-0.15, -0.1) is 0 Å². The van der Waals surface area contributed by atoms with Crippen LogP contribution < -0.4 is 10.6 Å². The Hall–Kier alpha value is -0.900. The number of nitrogens with one attached hydrogen (secondary N) is 2. The first-order valence-electron chi connectivity index (χ1n) is 7.44. The summed E-state index contributed by atoms with van der Waals surface area (Å²) in [6.07, 6.45) is 5.25. The van der Waals surface area contributed by atoms with Crippen molar-refractivity contribution in [2.45, 2.75) is 38.3 Å². The van der Waals surface area contributed by atoms with Crippen LogP contribution in [0.3, 0.4) is 0 Å². The lowest BCUT2D eigenvalue weighted by Crippen LogP contribution is -2.31. The SMILES string of the molecule is CNCCc1ccccc1CNCC1CCCCO1. The minimum atomic E-state index is 0.415. The van der Waals surface area contributed by atoms with Crippen molar-refractivity contribution in [1.82, 2.24) is 10.6 Å². The molecule has 0 saturated carbocycles. The third kappa shape index (κ3) is 4.94. The maximum absolute atomic E-state index is 5.74. The van der Waals surface area contributed by atoms with Gasteiger partial charge in [0.1, 0.15) is 0 Å². The Kier molecular flexibility index (Phi) is 6.34. The molecule has 0 amide bonds. The number of hydrogen-bond donors (Lipinski definition) is 2. The molecule has 1 aromatic carbocycles. The van der Waals surface area contributed by atoms with Crippen molar-refractivity contribution in [2.24, 2.45) is 0 Å². The molecule has 1 aromatic rings. The standard InChI is InChI=1S/C16H26N2O/c1-17-10-9-14-6-2-3-7-15(14)12-18-13-16-8-4-5-11-19-16/h2-3,6-7,16-18H,4-5,8-13H2,1H3. The van der Waals surface area contributed by atoms with Gasteiger partial charge in [0.15, 0.2) is 0 Å². The van der Waals surface area contributed by atoms with Crippen LogP contribution in [-0.2, 0) is 17.7 Å². The first-order valence-corrected chi connectivity index (χ1v) is 7.44. The van der Waals surface area contributed by atoms with Crippen LogP contribution in [0.4, 0.5) is 0 Å². The van der Waals surface area contributed by atoms with Crippen LogP contribution in [0, 0.1) is 0 Å². The van der Waals surface area contributed by atoms with Crippen LogP contribution in [0.2, 0.25) is 0 Å². The molecule has 0 spiro atoms. The van der Waals surface area contributed by atoms with Gasteiger partial charge in [0, 0.05) is 19.7 Å². The lowest BCUT2D eigenvalue weighted by atomic mass is 10.0. The zero-order valence-corrected chi connectivity index (χ0v) is 12.0. The molecule has 3 heteroatoms. The number of hydrogen-bond acceptors (Lipinski definition) is 3. The summed E-state index contributed by atoms with van der Waals surface area (Å²) in [6, 6.07) is 8.70. The molecule has 0 aromatic heterocycles. The van der Waals surface area contributed by atoms with Crippen molar-refractivity contribution < 1.29 is 4.74 Å². The normalized spacial score (nSPS) is 19.5. The molecular weight excluding hydrogens is 236 g/mol. The summed E-state index contributed by atoms with van der Waals surface area (Å²) in [6.45, 7) is 3.88. The van der Waals surface area contributed by atoms with E-state index < -0.39 is 0 Å². The molecule has 1 atom stereocenters. The second kappa shape index (κ2) is 8.31. The lowest BCUT2D eigenvalue weighted by molar-refractivity contribution is 0.0168. The summed E-state index contributed by atoms with van der Waals surface area (Å²) < 4.78 is 5.74. The average Bonchev–Trinajstić information content (AvgIpc) is 2.47. The number of rotatable bonds is 7. The second-order valence-corrected chi connectivity index (χ2v) is 5.24. The topological polar surface area (TPSA) is 33.3 Å². The molecule has 2 rings (SSSR count). The van der Waals surface area contributed by atoms with Gasteiger partial charge in [-0.3, -0.25) is 0 Å². The first-order chi connectivity index (χ1) is 9.40. The monoisotopic (exact) mass is 262 g/mol. The summed E-state index contributed by atoms with van der Waals surface area (Å²) in [4.78, 5) is 0. The Morgan fingerprint density at radius 2 is 2.05 bits per heavy atom. The fourth-order valence-corrected chi connectivity index (χ4v) is 2.57. The van der Waals surface area contributed by atoms with Gasteiger partial charge < -0.3 is 15.4 Å². The molecule has 1 unspecified atom stereocenters. The molecule has 1 fully saturated rings. The quantitative estimate of drug-likeness (QED) is 0.789. The third-order valence-electron chi connectivity index (χ3n) is 3.72. The van der Waals surface area contributed by atoms with Crippen LogP contribution >= 0.6 is 0 Å². The molecule has 0 bridgehead atoms. The Balaban J connectivity index is 1.77. The fourth-order valence-electron chi connectivity index (χ4n) is 2.57. The van der Waals surface area contributed by atoms with Gasteiger partial charge in [-0.05, 0) is 50.4 Å². The average molecular weight is 262 g/mol. The number of benzene rings is 1. The van der Waals surface area contributed by atoms with Crippen molar-refractivity contribution in [3.05, 3.63) is 35.4 Å². The number of likely N-dealkylation sites (N-methyl/N-ethyl adjacent to an activating group) is 1. The highest BCUT2D eigenvalue weighted by Crippen LogP contribution is 2.13. The highest BCUT2D eigenvalue weighted by Gasteiger charge is 2.13. The summed E-state index contributed by atoms with van der Waals surface area (Å²) in [7, 11) is 2.00. The Bertz CT molecular complexity index is 362. The van der Waals surface area contributed by atoms with E-state index in [1.165, 1.54) is 30.4 Å². The molecule has 1 heterocycles. The Morgan fingerprint density at radius 3 is 2.79 bits per heavy atom. The molecule has 3 nitrogen and oxygen atoms in total. The molecule has 1 aliphatic rings. The molecule has 2 N–H and O–H groups in total. The molecule has 19 heavy (non-hydrogen) atoms. The minimum Gasteiger partial charge on any atom is -0.377 e. The predicted octanol–water partition coefficient (Wildman–Crippen LogP) is 2.11. The van der Waals surface area contributed by atoms with Gasteiger partial charge in [-0.2, -0.15) is 0 Å². The van der Waals surface area contributed by atoms with Crippen LogP contribution in [0.15, 0.2) is 24.3 Å². The van der Waals surface area contributed by atoms with Gasteiger partial charge >= 0.3 is 0 Å². The summed E-state index contributed by atoms with van der Waals surface area (Å²) in [5.41, 5.74) is 2.85. The van der Waals surface area contributed by atoms with Crippen molar-refractivity contribution >= 4 is 0 Å². The zero-order chi connectivity index (χ0) is 13.3. The maximum atomic E-state index is 5.74. The van der Waals surface area contributed by atoms with E-state index in [0.29, 0.717) is 6.10 Å². The zero-order valence-electron chi connectivity index (χ0n) is 12.0.